The Morgan fingerprint density at radius 2 is 2.00 bits per heavy atom. The summed E-state index contributed by atoms with van der Waals surface area (Å²) in [7, 11) is 1.66. The normalized spacial score (nSPS) is 10.4. The van der Waals surface area contributed by atoms with Gasteiger partial charge in [-0.3, -0.25) is 0 Å². The maximum Gasteiger partial charge on any atom is 0.222 e. The lowest BCUT2D eigenvalue weighted by Gasteiger charge is -2.09. The highest BCUT2D eigenvalue weighted by Gasteiger charge is 2.10. The Labute approximate surface area is 98.4 Å². The second-order valence-corrected chi connectivity index (χ2v) is 4.51. The van der Waals surface area contributed by atoms with Crippen molar-refractivity contribution in [3.05, 3.63) is 28.6 Å². The van der Waals surface area contributed by atoms with Crippen LogP contribution in [0.25, 0.3) is 10.6 Å². The van der Waals surface area contributed by atoms with E-state index in [0.717, 1.165) is 27.4 Å². The van der Waals surface area contributed by atoms with Crippen molar-refractivity contribution < 1.29 is 9.84 Å². The summed E-state index contributed by atoms with van der Waals surface area (Å²) in [5.74, 6) is 0.954. The van der Waals surface area contributed by atoms with Gasteiger partial charge >= 0.3 is 0 Å². The van der Waals surface area contributed by atoms with E-state index < -0.39 is 0 Å². The number of aromatic nitrogens is 1. The quantitative estimate of drug-likeness (QED) is 0.869. The molecule has 0 saturated heterocycles. The number of methoxy groups -OCH3 is 1. The summed E-state index contributed by atoms with van der Waals surface area (Å²) in [6, 6.07) is 4.02. The highest BCUT2D eigenvalue weighted by molar-refractivity contribution is 7.13. The number of rotatable bonds is 2. The summed E-state index contributed by atoms with van der Waals surface area (Å²) in [4.78, 5) is 4.07. The van der Waals surface area contributed by atoms with E-state index in [9.17, 15) is 5.11 Å². The molecule has 2 rings (SSSR count). The van der Waals surface area contributed by atoms with E-state index in [-0.39, 0.29) is 5.88 Å². The van der Waals surface area contributed by atoms with Crippen molar-refractivity contribution in [2.24, 2.45) is 0 Å². The lowest BCUT2D eigenvalue weighted by atomic mass is 10.1. The van der Waals surface area contributed by atoms with Gasteiger partial charge in [0.1, 0.15) is 10.8 Å². The summed E-state index contributed by atoms with van der Waals surface area (Å²) in [5.41, 5.74) is 3.21. The monoisotopic (exact) mass is 235 g/mol. The lowest BCUT2D eigenvalue weighted by molar-refractivity contribution is 0.411. The molecule has 0 fully saturated rings. The van der Waals surface area contributed by atoms with Gasteiger partial charge in [0.25, 0.3) is 0 Å². The van der Waals surface area contributed by atoms with Gasteiger partial charge < -0.3 is 9.84 Å². The number of thiazole rings is 1. The van der Waals surface area contributed by atoms with Crippen molar-refractivity contribution in [3.8, 4) is 22.2 Å². The van der Waals surface area contributed by atoms with Crippen LogP contribution in [0.2, 0.25) is 0 Å². The number of nitrogens with zero attached hydrogens (tertiary/aromatic N) is 1. The summed E-state index contributed by atoms with van der Waals surface area (Å²) in [6.07, 6.45) is 0. The highest BCUT2D eigenvalue weighted by Crippen LogP contribution is 2.32. The molecule has 0 aliphatic heterocycles. The van der Waals surface area contributed by atoms with Gasteiger partial charge in [-0.1, -0.05) is 0 Å². The van der Waals surface area contributed by atoms with Gasteiger partial charge in [0, 0.05) is 5.56 Å². The van der Waals surface area contributed by atoms with E-state index in [1.165, 1.54) is 11.3 Å². The van der Waals surface area contributed by atoms with Gasteiger partial charge in [0.15, 0.2) is 0 Å². The van der Waals surface area contributed by atoms with Crippen molar-refractivity contribution in [2.45, 2.75) is 13.8 Å². The fourth-order valence-electron chi connectivity index (χ4n) is 1.63. The van der Waals surface area contributed by atoms with Gasteiger partial charge in [-0.15, -0.1) is 11.3 Å². The van der Waals surface area contributed by atoms with Crippen LogP contribution in [0.1, 0.15) is 11.1 Å². The SMILES string of the molecule is COc1cc(C)c(-c2nc(O)cs2)cc1C. The van der Waals surface area contributed by atoms with Crippen molar-refractivity contribution in [1.29, 1.82) is 0 Å². The number of hydrogen-bond acceptors (Lipinski definition) is 4. The van der Waals surface area contributed by atoms with Crippen molar-refractivity contribution in [3.63, 3.8) is 0 Å². The van der Waals surface area contributed by atoms with Crippen molar-refractivity contribution in [2.75, 3.05) is 7.11 Å². The number of aromatic hydroxyl groups is 1. The summed E-state index contributed by atoms with van der Waals surface area (Å²) in [5, 5.41) is 11.7. The third kappa shape index (κ3) is 1.88. The molecule has 0 radical (unpaired) electrons. The van der Waals surface area contributed by atoms with Crippen LogP contribution in [0.15, 0.2) is 17.5 Å². The topological polar surface area (TPSA) is 42.4 Å². The lowest BCUT2D eigenvalue weighted by Crippen LogP contribution is -1.91. The average molecular weight is 235 g/mol. The summed E-state index contributed by atoms with van der Waals surface area (Å²) >= 11 is 1.44. The highest BCUT2D eigenvalue weighted by atomic mass is 32.1. The van der Waals surface area contributed by atoms with Crippen LogP contribution < -0.4 is 4.74 Å². The molecule has 0 bridgehead atoms. The van der Waals surface area contributed by atoms with Crippen molar-refractivity contribution >= 4 is 11.3 Å². The van der Waals surface area contributed by atoms with Crippen LogP contribution in [0.5, 0.6) is 11.6 Å². The van der Waals surface area contributed by atoms with Crippen molar-refractivity contribution in [1.82, 2.24) is 4.98 Å². The number of aryl methyl sites for hydroxylation is 2. The molecule has 2 aromatic rings. The second kappa shape index (κ2) is 4.14. The molecule has 0 atom stereocenters. The first-order valence-corrected chi connectivity index (χ1v) is 5.80. The minimum atomic E-state index is 0.0767. The van der Waals surface area contributed by atoms with E-state index in [4.69, 9.17) is 4.74 Å². The van der Waals surface area contributed by atoms with E-state index >= 15 is 0 Å². The Balaban J connectivity index is 2.54. The molecule has 1 aromatic heterocycles. The standard InChI is InChI=1S/C12H13NO2S/c1-7-5-10(15-3)8(2)4-9(7)12-13-11(14)6-16-12/h4-6,14H,1-3H3. The van der Waals surface area contributed by atoms with Crippen LogP contribution in [-0.2, 0) is 0 Å². The molecular formula is C12H13NO2S. The van der Waals surface area contributed by atoms with Gasteiger partial charge in [-0.2, -0.15) is 0 Å². The first kappa shape index (κ1) is 11.0. The minimum absolute atomic E-state index is 0.0767. The minimum Gasteiger partial charge on any atom is -0.496 e. The Hall–Kier alpha value is -1.55. The maximum absolute atomic E-state index is 9.25. The third-order valence-electron chi connectivity index (χ3n) is 2.46. The van der Waals surface area contributed by atoms with E-state index in [2.05, 4.69) is 4.98 Å². The number of hydrogen-bond donors (Lipinski definition) is 1. The number of benzene rings is 1. The molecule has 3 nitrogen and oxygen atoms in total. The van der Waals surface area contributed by atoms with Gasteiger partial charge in [-0.25, -0.2) is 4.98 Å². The molecule has 1 N–H and O–H groups in total. The second-order valence-electron chi connectivity index (χ2n) is 3.65. The molecule has 4 heteroatoms. The van der Waals surface area contributed by atoms with Gasteiger partial charge in [-0.05, 0) is 37.1 Å². The first-order valence-electron chi connectivity index (χ1n) is 4.92. The summed E-state index contributed by atoms with van der Waals surface area (Å²) < 4.78 is 5.26. The van der Waals surface area contributed by atoms with Crippen LogP contribution in [0.4, 0.5) is 0 Å². The smallest absolute Gasteiger partial charge is 0.222 e. The molecule has 0 amide bonds. The van der Waals surface area contributed by atoms with Gasteiger partial charge in [0.2, 0.25) is 5.88 Å². The average Bonchev–Trinajstić information content (AvgIpc) is 2.67. The molecule has 0 aliphatic rings. The molecule has 0 saturated carbocycles. The molecule has 1 aromatic carbocycles. The Bertz CT molecular complexity index is 520. The summed E-state index contributed by atoms with van der Waals surface area (Å²) in [6.45, 7) is 4.00. The zero-order chi connectivity index (χ0) is 11.7. The fraction of sp³-hybridized carbons (Fsp3) is 0.250. The Morgan fingerprint density at radius 1 is 1.25 bits per heavy atom. The van der Waals surface area contributed by atoms with E-state index in [0.29, 0.717) is 0 Å². The largest absolute Gasteiger partial charge is 0.496 e. The zero-order valence-electron chi connectivity index (χ0n) is 9.44. The molecule has 0 spiro atoms. The molecular weight excluding hydrogens is 222 g/mol. The Morgan fingerprint density at radius 3 is 2.56 bits per heavy atom. The molecule has 0 unspecified atom stereocenters. The van der Waals surface area contributed by atoms with Crippen LogP contribution in [-0.4, -0.2) is 17.2 Å². The first-order chi connectivity index (χ1) is 7.61. The number of ether oxygens (including phenoxy) is 1. The molecule has 0 aliphatic carbocycles. The van der Waals surface area contributed by atoms with Crippen LogP contribution >= 0.6 is 11.3 Å². The predicted octanol–water partition coefficient (Wildman–Crippen LogP) is 3.14. The fourth-order valence-corrected chi connectivity index (χ4v) is 2.39. The maximum atomic E-state index is 9.25. The zero-order valence-corrected chi connectivity index (χ0v) is 10.3. The van der Waals surface area contributed by atoms with Crippen LogP contribution in [0.3, 0.4) is 0 Å². The van der Waals surface area contributed by atoms with E-state index in [1.807, 2.05) is 26.0 Å². The molecule has 16 heavy (non-hydrogen) atoms. The van der Waals surface area contributed by atoms with Gasteiger partial charge in [0.05, 0.1) is 12.5 Å². The molecule has 84 valence electrons. The van der Waals surface area contributed by atoms with Crippen LogP contribution in [0, 0.1) is 13.8 Å². The Kier molecular flexibility index (Phi) is 2.83. The molecule has 1 heterocycles. The third-order valence-corrected chi connectivity index (χ3v) is 3.33. The predicted molar refractivity (Wildman–Crippen MR) is 65.2 cm³/mol. The van der Waals surface area contributed by atoms with E-state index in [1.54, 1.807) is 12.5 Å².